The maximum atomic E-state index is 12.8. The highest BCUT2D eigenvalue weighted by Crippen LogP contribution is 2.36. The first-order valence-corrected chi connectivity index (χ1v) is 10.9. The summed E-state index contributed by atoms with van der Waals surface area (Å²) in [5, 5.41) is 3.84. The maximum absolute atomic E-state index is 12.8. The molecular formula is C21H20BrN3O2S. The summed E-state index contributed by atoms with van der Waals surface area (Å²) in [5.74, 6) is -0.0951. The van der Waals surface area contributed by atoms with E-state index in [1.54, 1.807) is 23.5 Å². The van der Waals surface area contributed by atoms with E-state index in [0.717, 1.165) is 39.1 Å². The molecule has 2 amide bonds. The van der Waals surface area contributed by atoms with Crippen LogP contribution < -0.4 is 5.32 Å². The van der Waals surface area contributed by atoms with Gasteiger partial charge in [0.05, 0.1) is 16.3 Å². The van der Waals surface area contributed by atoms with E-state index in [9.17, 15) is 9.59 Å². The van der Waals surface area contributed by atoms with E-state index in [-0.39, 0.29) is 17.9 Å². The number of benzene rings is 2. The molecule has 1 atom stereocenters. The Bertz CT molecular complexity index is 969. The third-order valence-corrected chi connectivity index (χ3v) is 6.57. The molecule has 0 saturated carbocycles. The van der Waals surface area contributed by atoms with E-state index in [1.165, 1.54) is 0 Å². The van der Waals surface area contributed by atoms with Crippen LogP contribution in [0.1, 0.15) is 40.7 Å². The molecule has 0 radical (unpaired) electrons. The molecule has 144 valence electrons. The van der Waals surface area contributed by atoms with E-state index < -0.39 is 0 Å². The van der Waals surface area contributed by atoms with Crippen molar-refractivity contribution in [1.82, 2.24) is 15.2 Å². The SMILES string of the molecule is O=C(NCCC(=O)N1CCC[C@@H]1c1nc2ccccc2s1)c1ccc(Br)cc1. The second-order valence-electron chi connectivity index (χ2n) is 6.78. The lowest BCUT2D eigenvalue weighted by atomic mass is 10.2. The summed E-state index contributed by atoms with van der Waals surface area (Å²) in [6.07, 6.45) is 2.22. The lowest BCUT2D eigenvalue weighted by molar-refractivity contribution is -0.132. The molecule has 7 heteroatoms. The maximum Gasteiger partial charge on any atom is 0.251 e. The van der Waals surface area contributed by atoms with E-state index in [1.807, 2.05) is 35.2 Å². The fourth-order valence-electron chi connectivity index (χ4n) is 3.48. The third-order valence-electron chi connectivity index (χ3n) is 4.90. The zero-order chi connectivity index (χ0) is 19.5. The lowest BCUT2D eigenvalue weighted by Crippen LogP contribution is -2.34. The topological polar surface area (TPSA) is 62.3 Å². The van der Waals surface area contributed by atoms with Crippen molar-refractivity contribution in [2.75, 3.05) is 13.1 Å². The van der Waals surface area contributed by atoms with Crippen molar-refractivity contribution in [3.8, 4) is 0 Å². The van der Waals surface area contributed by atoms with Crippen LogP contribution in [0.4, 0.5) is 0 Å². The Morgan fingerprint density at radius 2 is 1.96 bits per heavy atom. The van der Waals surface area contributed by atoms with Gasteiger partial charge in [0.1, 0.15) is 5.01 Å². The molecule has 1 fully saturated rings. The van der Waals surface area contributed by atoms with Crippen LogP contribution in [0.3, 0.4) is 0 Å². The van der Waals surface area contributed by atoms with Gasteiger partial charge in [-0.05, 0) is 49.2 Å². The molecule has 0 bridgehead atoms. The number of nitrogens with one attached hydrogen (secondary N) is 1. The van der Waals surface area contributed by atoms with Crippen LogP contribution in [0.15, 0.2) is 53.0 Å². The normalized spacial score (nSPS) is 16.5. The van der Waals surface area contributed by atoms with Gasteiger partial charge in [-0.2, -0.15) is 0 Å². The van der Waals surface area contributed by atoms with Gasteiger partial charge in [-0.3, -0.25) is 9.59 Å². The van der Waals surface area contributed by atoms with Gasteiger partial charge < -0.3 is 10.2 Å². The van der Waals surface area contributed by atoms with Crippen LogP contribution in [0.5, 0.6) is 0 Å². The molecule has 3 aromatic rings. The molecule has 1 N–H and O–H groups in total. The molecule has 28 heavy (non-hydrogen) atoms. The minimum atomic E-state index is -0.163. The highest BCUT2D eigenvalue weighted by atomic mass is 79.9. The van der Waals surface area contributed by atoms with Crippen LogP contribution in [-0.2, 0) is 4.79 Å². The number of halogens is 1. The lowest BCUT2D eigenvalue weighted by Gasteiger charge is -2.23. The number of thiazole rings is 1. The molecule has 1 aromatic heterocycles. The predicted molar refractivity (Wildman–Crippen MR) is 114 cm³/mol. The molecular weight excluding hydrogens is 438 g/mol. The Labute approximate surface area is 175 Å². The number of nitrogens with zero attached hydrogens (tertiary/aromatic N) is 2. The number of carbonyl (C=O) groups excluding carboxylic acids is 2. The van der Waals surface area contributed by atoms with Crippen molar-refractivity contribution in [2.45, 2.75) is 25.3 Å². The van der Waals surface area contributed by atoms with Crippen molar-refractivity contribution in [3.05, 3.63) is 63.6 Å². The van der Waals surface area contributed by atoms with Crippen LogP contribution in [0, 0.1) is 0 Å². The number of carbonyl (C=O) groups is 2. The number of para-hydroxylation sites is 1. The molecule has 5 nitrogen and oxygen atoms in total. The molecule has 0 spiro atoms. The van der Waals surface area contributed by atoms with Gasteiger partial charge in [0.25, 0.3) is 5.91 Å². The highest BCUT2D eigenvalue weighted by molar-refractivity contribution is 9.10. The molecule has 2 aromatic carbocycles. The minimum absolute atomic E-state index is 0.0482. The molecule has 0 aliphatic carbocycles. The number of likely N-dealkylation sites (tertiary alicyclic amines) is 1. The minimum Gasteiger partial charge on any atom is -0.352 e. The summed E-state index contributed by atoms with van der Waals surface area (Å²) in [6, 6.07) is 15.3. The first kappa shape index (κ1) is 19.1. The number of hydrogen-bond acceptors (Lipinski definition) is 4. The number of amides is 2. The Morgan fingerprint density at radius 1 is 1.18 bits per heavy atom. The molecule has 1 aliphatic rings. The van der Waals surface area contributed by atoms with Crippen LogP contribution in [0.2, 0.25) is 0 Å². The van der Waals surface area contributed by atoms with Crippen molar-refractivity contribution >= 4 is 49.3 Å². The monoisotopic (exact) mass is 457 g/mol. The standard InChI is InChI=1S/C21H20BrN3O2S/c22-15-9-7-14(8-10-15)20(27)23-12-11-19(26)25-13-3-5-17(25)21-24-16-4-1-2-6-18(16)28-21/h1-2,4,6-10,17H,3,5,11-13H2,(H,23,27)/t17-/m1/s1. The summed E-state index contributed by atoms with van der Waals surface area (Å²) in [6.45, 7) is 1.08. The summed E-state index contributed by atoms with van der Waals surface area (Å²) in [4.78, 5) is 31.6. The first-order chi connectivity index (χ1) is 13.6. The van der Waals surface area contributed by atoms with Gasteiger partial charge >= 0.3 is 0 Å². The van der Waals surface area contributed by atoms with Gasteiger partial charge in [-0.1, -0.05) is 28.1 Å². The van der Waals surface area contributed by atoms with Crippen molar-refractivity contribution in [3.63, 3.8) is 0 Å². The van der Waals surface area contributed by atoms with Crippen LogP contribution in [-0.4, -0.2) is 34.8 Å². The Hall–Kier alpha value is -2.25. The zero-order valence-electron chi connectivity index (χ0n) is 15.2. The number of hydrogen-bond donors (Lipinski definition) is 1. The fraction of sp³-hybridized carbons (Fsp3) is 0.286. The predicted octanol–water partition coefficient (Wildman–Crippen LogP) is 4.54. The van der Waals surface area contributed by atoms with E-state index in [0.29, 0.717) is 18.5 Å². The molecule has 0 unspecified atom stereocenters. The summed E-state index contributed by atoms with van der Waals surface area (Å²) in [5.41, 5.74) is 1.58. The quantitative estimate of drug-likeness (QED) is 0.611. The van der Waals surface area contributed by atoms with Gasteiger partial charge in [0, 0.05) is 29.5 Å². The first-order valence-electron chi connectivity index (χ1n) is 9.30. The average molecular weight is 458 g/mol. The van der Waals surface area contributed by atoms with E-state index in [4.69, 9.17) is 4.98 Å². The molecule has 1 saturated heterocycles. The van der Waals surface area contributed by atoms with Crippen LogP contribution in [0.25, 0.3) is 10.2 Å². The largest absolute Gasteiger partial charge is 0.352 e. The van der Waals surface area contributed by atoms with Crippen molar-refractivity contribution in [2.24, 2.45) is 0 Å². The Kier molecular flexibility index (Phi) is 5.73. The van der Waals surface area contributed by atoms with E-state index >= 15 is 0 Å². The number of fused-ring (bicyclic) bond motifs is 1. The smallest absolute Gasteiger partial charge is 0.251 e. The summed E-state index contributed by atoms with van der Waals surface area (Å²) in [7, 11) is 0. The van der Waals surface area contributed by atoms with Gasteiger partial charge in [-0.15, -0.1) is 11.3 Å². The van der Waals surface area contributed by atoms with Gasteiger partial charge in [0.15, 0.2) is 0 Å². The van der Waals surface area contributed by atoms with Crippen molar-refractivity contribution in [1.29, 1.82) is 0 Å². The third kappa shape index (κ3) is 4.10. The van der Waals surface area contributed by atoms with Gasteiger partial charge in [0.2, 0.25) is 5.91 Å². The van der Waals surface area contributed by atoms with Crippen molar-refractivity contribution < 1.29 is 9.59 Å². The zero-order valence-corrected chi connectivity index (χ0v) is 17.6. The van der Waals surface area contributed by atoms with E-state index in [2.05, 4.69) is 27.3 Å². The summed E-state index contributed by atoms with van der Waals surface area (Å²) < 4.78 is 2.08. The fourth-order valence-corrected chi connectivity index (χ4v) is 4.86. The second-order valence-corrected chi connectivity index (χ2v) is 8.76. The second kappa shape index (κ2) is 8.41. The van der Waals surface area contributed by atoms with Gasteiger partial charge in [-0.25, -0.2) is 4.98 Å². The summed E-state index contributed by atoms with van der Waals surface area (Å²) >= 11 is 5.02. The molecule has 2 heterocycles. The Balaban J connectivity index is 1.35. The van der Waals surface area contributed by atoms with Crippen LogP contribution >= 0.6 is 27.3 Å². The Morgan fingerprint density at radius 3 is 2.75 bits per heavy atom. The highest BCUT2D eigenvalue weighted by Gasteiger charge is 2.31. The number of aromatic nitrogens is 1. The molecule has 1 aliphatic heterocycles. The molecule has 4 rings (SSSR count). The average Bonchev–Trinajstić information content (AvgIpc) is 3.35. The number of rotatable bonds is 5.